The van der Waals surface area contributed by atoms with Crippen LogP contribution in [0.2, 0.25) is 0 Å². The molecular formula is C19H18N4O4S2. The highest BCUT2D eigenvalue weighted by Crippen LogP contribution is 2.40. The molecule has 2 aromatic heterocycles. The monoisotopic (exact) mass is 430 g/mol. The topological polar surface area (TPSA) is 94.6 Å². The molecule has 0 bridgehead atoms. The fraction of sp³-hybridized carbons (Fsp3) is 0.211. The van der Waals surface area contributed by atoms with E-state index < -0.39 is 6.03 Å². The average molecular weight is 431 g/mol. The Bertz CT molecular complexity index is 1190. The van der Waals surface area contributed by atoms with Crippen molar-refractivity contribution in [3.8, 4) is 17.2 Å². The summed E-state index contributed by atoms with van der Waals surface area (Å²) in [7, 11) is 4.56. The highest BCUT2D eigenvalue weighted by molar-refractivity contribution is 7.24. The summed E-state index contributed by atoms with van der Waals surface area (Å²) in [6.07, 6.45) is 0. The summed E-state index contributed by atoms with van der Waals surface area (Å²) >= 11 is 3.03. The van der Waals surface area contributed by atoms with E-state index >= 15 is 0 Å². The molecule has 150 valence electrons. The maximum atomic E-state index is 12.5. The molecule has 2 aromatic carbocycles. The first-order valence-corrected chi connectivity index (χ1v) is 10.2. The molecule has 0 saturated carbocycles. The third-order valence-electron chi connectivity index (χ3n) is 4.16. The Kier molecular flexibility index (Phi) is 5.12. The van der Waals surface area contributed by atoms with Crippen LogP contribution in [-0.2, 0) is 0 Å². The van der Waals surface area contributed by atoms with Crippen LogP contribution in [0, 0.1) is 6.92 Å². The zero-order chi connectivity index (χ0) is 20.5. The number of hydrogen-bond acceptors (Lipinski definition) is 8. The molecular weight excluding hydrogens is 412 g/mol. The predicted molar refractivity (Wildman–Crippen MR) is 116 cm³/mol. The number of rotatable bonds is 5. The highest BCUT2D eigenvalue weighted by atomic mass is 32.1. The van der Waals surface area contributed by atoms with Gasteiger partial charge in [-0.25, -0.2) is 14.8 Å². The number of thiazole rings is 2. The van der Waals surface area contributed by atoms with Crippen molar-refractivity contribution in [1.82, 2.24) is 9.97 Å². The SMILES string of the molecule is COc1cc(NC(=O)Nc2nc3ccc4sc(C)nc4c3s2)cc(OC)c1OC. The third kappa shape index (κ3) is 3.64. The zero-order valence-corrected chi connectivity index (χ0v) is 17.8. The number of amides is 2. The van der Waals surface area contributed by atoms with Crippen molar-refractivity contribution in [1.29, 1.82) is 0 Å². The van der Waals surface area contributed by atoms with Gasteiger partial charge in [0.25, 0.3) is 0 Å². The molecule has 29 heavy (non-hydrogen) atoms. The van der Waals surface area contributed by atoms with E-state index in [0.717, 1.165) is 25.4 Å². The van der Waals surface area contributed by atoms with Gasteiger partial charge >= 0.3 is 6.03 Å². The Hall–Kier alpha value is -3.11. The highest BCUT2D eigenvalue weighted by Gasteiger charge is 2.16. The lowest BCUT2D eigenvalue weighted by Gasteiger charge is -2.14. The number of ether oxygens (including phenoxy) is 3. The van der Waals surface area contributed by atoms with Crippen LogP contribution in [0.5, 0.6) is 17.2 Å². The smallest absolute Gasteiger partial charge is 0.325 e. The number of methoxy groups -OCH3 is 3. The number of urea groups is 1. The van der Waals surface area contributed by atoms with Crippen LogP contribution in [0.15, 0.2) is 24.3 Å². The van der Waals surface area contributed by atoms with Crippen molar-refractivity contribution in [2.75, 3.05) is 32.0 Å². The number of carbonyl (C=O) groups excluding carboxylic acids is 1. The molecule has 10 heteroatoms. The first-order chi connectivity index (χ1) is 14.0. The summed E-state index contributed by atoms with van der Waals surface area (Å²) in [5, 5.41) is 7.02. The van der Waals surface area contributed by atoms with Crippen molar-refractivity contribution in [2.24, 2.45) is 0 Å². The third-order valence-corrected chi connectivity index (χ3v) is 6.09. The van der Waals surface area contributed by atoms with Crippen LogP contribution in [0.4, 0.5) is 15.6 Å². The van der Waals surface area contributed by atoms with E-state index in [1.807, 2.05) is 19.1 Å². The van der Waals surface area contributed by atoms with Crippen molar-refractivity contribution >= 4 is 60.0 Å². The molecule has 2 amide bonds. The summed E-state index contributed by atoms with van der Waals surface area (Å²) in [6, 6.07) is 6.82. The molecule has 0 unspecified atom stereocenters. The fourth-order valence-electron chi connectivity index (χ4n) is 2.95. The second-order valence-electron chi connectivity index (χ2n) is 6.01. The van der Waals surface area contributed by atoms with Gasteiger partial charge in [0.1, 0.15) is 5.52 Å². The lowest BCUT2D eigenvalue weighted by atomic mass is 10.2. The van der Waals surface area contributed by atoms with Crippen LogP contribution in [0.25, 0.3) is 20.4 Å². The number of benzene rings is 2. The minimum Gasteiger partial charge on any atom is -0.493 e. The molecule has 2 N–H and O–H groups in total. The van der Waals surface area contributed by atoms with Gasteiger partial charge in [0.05, 0.1) is 46.9 Å². The molecule has 0 aliphatic heterocycles. The minimum atomic E-state index is -0.427. The summed E-state index contributed by atoms with van der Waals surface area (Å²) in [6.45, 7) is 1.97. The van der Waals surface area contributed by atoms with Gasteiger partial charge < -0.3 is 19.5 Å². The minimum absolute atomic E-state index is 0.427. The lowest BCUT2D eigenvalue weighted by Crippen LogP contribution is -2.19. The standard InChI is InChI=1S/C19H18N4O4S2/c1-9-20-15-14(28-9)6-5-11-17(15)29-19(22-11)23-18(24)21-10-7-12(25-2)16(27-4)13(8-10)26-3/h5-8H,1-4H3,(H2,21,22,23,24). The van der Waals surface area contributed by atoms with Gasteiger partial charge in [-0.3, -0.25) is 5.32 Å². The fourth-order valence-corrected chi connectivity index (χ4v) is 4.81. The number of carbonyl (C=O) groups is 1. The van der Waals surface area contributed by atoms with Crippen LogP contribution in [-0.4, -0.2) is 37.3 Å². The van der Waals surface area contributed by atoms with Gasteiger partial charge in [0.2, 0.25) is 5.75 Å². The number of anilines is 2. The molecule has 2 heterocycles. The Morgan fingerprint density at radius 3 is 2.34 bits per heavy atom. The van der Waals surface area contributed by atoms with E-state index in [9.17, 15) is 4.79 Å². The number of nitrogens with zero attached hydrogens (tertiary/aromatic N) is 2. The summed E-state index contributed by atoms with van der Waals surface area (Å²) in [4.78, 5) is 21.6. The van der Waals surface area contributed by atoms with Crippen molar-refractivity contribution in [3.05, 3.63) is 29.3 Å². The Morgan fingerprint density at radius 2 is 1.69 bits per heavy atom. The summed E-state index contributed by atoms with van der Waals surface area (Å²) < 4.78 is 18.0. The molecule has 4 aromatic rings. The lowest BCUT2D eigenvalue weighted by molar-refractivity contribution is 0.262. The number of aryl methyl sites for hydroxylation is 1. The molecule has 0 radical (unpaired) electrons. The number of fused-ring (bicyclic) bond motifs is 3. The van der Waals surface area contributed by atoms with E-state index in [1.54, 1.807) is 23.5 Å². The van der Waals surface area contributed by atoms with E-state index in [1.165, 1.54) is 32.7 Å². The molecule has 0 saturated heterocycles. The normalized spacial score (nSPS) is 10.9. The van der Waals surface area contributed by atoms with Crippen LogP contribution in [0.1, 0.15) is 5.01 Å². The van der Waals surface area contributed by atoms with Crippen molar-refractivity contribution in [2.45, 2.75) is 6.92 Å². The largest absolute Gasteiger partial charge is 0.493 e. The van der Waals surface area contributed by atoms with Gasteiger partial charge in [0, 0.05) is 12.1 Å². The van der Waals surface area contributed by atoms with Gasteiger partial charge in [-0.2, -0.15) is 0 Å². The van der Waals surface area contributed by atoms with Gasteiger partial charge in [-0.1, -0.05) is 11.3 Å². The van der Waals surface area contributed by atoms with Crippen LogP contribution >= 0.6 is 22.7 Å². The number of hydrogen-bond donors (Lipinski definition) is 2. The maximum Gasteiger partial charge on any atom is 0.325 e. The molecule has 0 atom stereocenters. The molecule has 0 aliphatic carbocycles. The van der Waals surface area contributed by atoms with E-state index in [-0.39, 0.29) is 0 Å². The number of nitrogens with one attached hydrogen (secondary N) is 2. The van der Waals surface area contributed by atoms with E-state index in [4.69, 9.17) is 14.2 Å². The summed E-state index contributed by atoms with van der Waals surface area (Å²) in [5.41, 5.74) is 2.21. The predicted octanol–water partition coefficient (Wildman–Crippen LogP) is 4.88. The Labute approximate surface area is 174 Å². The van der Waals surface area contributed by atoms with Crippen molar-refractivity contribution in [3.63, 3.8) is 0 Å². The van der Waals surface area contributed by atoms with Crippen LogP contribution < -0.4 is 24.8 Å². The zero-order valence-electron chi connectivity index (χ0n) is 16.2. The second-order valence-corrected chi connectivity index (χ2v) is 8.24. The van der Waals surface area contributed by atoms with Gasteiger partial charge in [0.15, 0.2) is 16.6 Å². The van der Waals surface area contributed by atoms with E-state index in [2.05, 4.69) is 20.6 Å². The quantitative estimate of drug-likeness (QED) is 0.468. The molecule has 8 nitrogen and oxygen atoms in total. The molecule has 4 rings (SSSR count). The van der Waals surface area contributed by atoms with Crippen molar-refractivity contribution < 1.29 is 19.0 Å². The molecule has 0 fully saturated rings. The Morgan fingerprint density at radius 1 is 0.966 bits per heavy atom. The second kappa shape index (κ2) is 7.72. The number of aromatic nitrogens is 2. The first kappa shape index (κ1) is 19.2. The van der Waals surface area contributed by atoms with Crippen LogP contribution in [0.3, 0.4) is 0 Å². The first-order valence-electron chi connectivity index (χ1n) is 8.57. The average Bonchev–Trinajstić information content (AvgIpc) is 3.28. The van der Waals surface area contributed by atoms with Gasteiger partial charge in [-0.15, -0.1) is 11.3 Å². The van der Waals surface area contributed by atoms with E-state index in [0.29, 0.717) is 28.1 Å². The van der Waals surface area contributed by atoms with Gasteiger partial charge in [-0.05, 0) is 19.1 Å². The molecule has 0 spiro atoms. The Balaban J connectivity index is 1.58. The maximum absolute atomic E-state index is 12.5. The summed E-state index contributed by atoms with van der Waals surface area (Å²) in [5.74, 6) is 1.35. The molecule has 0 aliphatic rings.